The quantitative estimate of drug-likeness (QED) is 0.659. The van der Waals surface area contributed by atoms with Crippen molar-refractivity contribution in [3.05, 3.63) is 29.8 Å². The van der Waals surface area contributed by atoms with Crippen molar-refractivity contribution < 1.29 is 8.78 Å². The van der Waals surface area contributed by atoms with Crippen molar-refractivity contribution in [3.63, 3.8) is 0 Å². The van der Waals surface area contributed by atoms with Crippen LogP contribution in [-0.4, -0.2) is 12.5 Å². The van der Waals surface area contributed by atoms with Gasteiger partial charge in [-0.25, -0.2) is 8.78 Å². The molecule has 1 aromatic rings. The average molecular weight is 279 g/mol. The highest BCUT2D eigenvalue weighted by molar-refractivity contribution is 5.92. The summed E-state index contributed by atoms with van der Waals surface area (Å²) in [5.74, 6) is -0.0292. The number of anilines is 1. The van der Waals surface area contributed by atoms with Gasteiger partial charge in [-0.1, -0.05) is 0 Å². The van der Waals surface area contributed by atoms with Gasteiger partial charge in [0.1, 0.15) is 11.6 Å². The third kappa shape index (κ3) is 2.62. The van der Waals surface area contributed by atoms with Crippen LogP contribution >= 0.6 is 0 Å². The minimum absolute atomic E-state index is 0.0273. The van der Waals surface area contributed by atoms with E-state index in [9.17, 15) is 8.78 Å². The third-order valence-corrected chi connectivity index (χ3v) is 4.66. The molecule has 2 fully saturated rings. The lowest BCUT2D eigenvalue weighted by Gasteiger charge is -2.24. The lowest BCUT2D eigenvalue weighted by molar-refractivity contribution is 0.307. The molecule has 2 bridgehead atoms. The molecule has 2 saturated carbocycles. The molecule has 2 aliphatic rings. The summed E-state index contributed by atoms with van der Waals surface area (Å²) in [4.78, 5) is 4.34. The molecule has 0 aliphatic heterocycles. The van der Waals surface area contributed by atoms with Crippen LogP contribution in [0.3, 0.4) is 0 Å². The van der Waals surface area contributed by atoms with Gasteiger partial charge in [-0.15, -0.1) is 0 Å². The molecule has 0 radical (unpaired) electrons. The van der Waals surface area contributed by atoms with Crippen molar-refractivity contribution in [2.75, 3.05) is 11.9 Å². The van der Waals surface area contributed by atoms with Crippen LogP contribution in [0.4, 0.5) is 14.5 Å². The van der Waals surface area contributed by atoms with E-state index in [1.807, 2.05) is 0 Å². The second kappa shape index (κ2) is 5.04. The van der Waals surface area contributed by atoms with Gasteiger partial charge >= 0.3 is 0 Å². The Balaban J connectivity index is 1.65. The van der Waals surface area contributed by atoms with Crippen LogP contribution in [0.1, 0.15) is 32.1 Å². The van der Waals surface area contributed by atoms with Crippen LogP contribution in [-0.2, 0) is 0 Å². The first-order chi connectivity index (χ1) is 9.56. The van der Waals surface area contributed by atoms with Gasteiger partial charge < -0.3 is 11.1 Å². The number of hydrogen-bond acceptors (Lipinski definition) is 1. The summed E-state index contributed by atoms with van der Waals surface area (Å²) in [5, 5.41) is 2.64. The van der Waals surface area contributed by atoms with E-state index in [4.69, 9.17) is 5.73 Å². The Morgan fingerprint density at radius 2 is 2.10 bits per heavy atom. The normalized spacial score (nSPS) is 28.9. The molecule has 5 heteroatoms. The fourth-order valence-corrected chi connectivity index (χ4v) is 3.56. The molecule has 20 heavy (non-hydrogen) atoms. The molecule has 3 rings (SSSR count). The average Bonchev–Trinajstić information content (AvgIpc) is 3.02. The summed E-state index contributed by atoms with van der Waals surface area (Å²) >= 11 is 0. The SMILES string of the molecule is NC(=NCC12CCC(CC1)C2)Nc1cc(F)ccc1F. The van der Waals surface area contributed by atoms with E-state index < -0.39 is 11.6 Å². The van der Waals surface area contributed by atoms with E-state index in [-0.39, 0.29) is 11.6 Å². The number of halogens is 2. The lowest BCUT2D eigenvalue weighted by Crippen LogP contribution is -2.27. The molecule has 0 atom stereocenters. The molecule has 3 nitrogen and oxygen atoms in total. The lowest BCUT2D eigenvalue weighted by atomic mass is 9.84. The Kier molecular flexibility index (Phi) is 3.36. The molecule has 0 unspecified atom stereocenters. The fraction of sp³-hybridized carbons (Fsp3) is 0.533. The zero-order valence-electron chi connectivity index (χ0n) is 11.3. The summed E-state index contributed by atoms with van der Waals surface area (Å²) in [6, 6.07) is 3.23. The van der Waals surface area contributed by atoms with E-state index in [0.29, 0.717) is 12.0 Å². The zero-order valence-corrected chi connectivity index (χ0v) is 11.3. The molecule has 0 aromatic heterocycles. The number of nitrogens with zero attached hydrogens (tertiary/aromatic N) is 1. The van der Waals surface area contributed by atoms with Gasteiger partial charge in [0.05, 0.1) is 5.69 Å². The third-order valence-electron chi connectivity index (χ3n) is 4.66. The Hall–Kier alpha value is -1.65. The van der Waals surface area contributed by atoms with Gasteiger partial charge in [0.15, 0.2) is 5.96 Å². The summed E-state index contributed by atoms with van der Waals surface area (Å²) in [6.45, 7) is 0.680. The summed E-state index contributed by atoms with van der Waals surface area (Å²) in [5.41, 5.74) is 6.11. The maximum absolute atomic E-state index is 13.5. The van der Waals surface area contributed by atoms with E-state index in [1.165, 1.54) is 32.1 Å². The second-order valence-electron chi connectivity index (χ2n) is 6.10. The van der Waals surface area contributed by atoms with Crippen molar-refractivity contribution in [1.29, 1.82) is 0 Å². The van der Waals surface area contributed by atoms with Crippen LogP contribution in [0.2, 0.25) is 0 Å². The van der Waals surface area contributed by atoms with Crippen molar-refractivity contribution >= 4 is 11.6 Å². The first-order valence-electron chi connectivity index (χ1n) is 7.08. The highest BCUT2D eigenvalue weighted by Crippen LogP contribution is 2.54. The van der Waals surface area contributed by atoms with Crippen LogP contribution in [0.25, 0.3) is 0 Å². The molecular formula is C15H19F2N3. The number of nitrogens with two attached hydrogens (primary N) is 1. The predicted octanol–water partition coefficient (Wildman–Crippen LogP) is 3.27. The summed E-state index contributed by atoms with van der Waals surface area (Å²) in [6.07, 6.45) is 6.24. The Morgan fingerprint density at radius 1 is 1.35 bits per heavy atom. The Morgan fingerprint density at radius 3 is 2.75 bits per heavy atom. The maximum atomic E-state index is 13.5. The van der Waals surface area contributed by atoms with Gasteiger partial charge in [-0.3, -0.25) is 4.99 Å². The fourth-order valence-electron chi connectivity index (χ4n) is 3.56. The van der Waals surface area contributed by atoms with Crippen molar-refractivity contribution in [3.8, 4) is 0 Å². The monoisotopic (exact) mass is 279 g/mol. The topological polar surface area (TPSA) is 50.4 Å². The number of benzene rings is 1. The molecule has 0 saturated heterocycles. The summed E-state index contributed by atoms with van der Waals surface area (Å²) < 4.78 is 26.5. The van der Waals surface area contributed by atoms with E-state index in [2.05, 4.69) is 10.3 Å². The van der Waals surface area contributed by atoms with Crippen LogP contribution in [0.15, 0.2) is 23.2 Å². The first kappa shape index (κ1) is 13.3. The van der Waals surface area contributed by atoms with Gasteiger partial charge in [0.2, 0.25) is 0 Å². The standard InChI is InChI=1S/C15H19F2N3/c16-11-1-2-12(17)13(7-11)20-14(18)19-9-15-5-3-10(8-15)4-6-15/h1-2,7,10H,3-6,8-9H2,(H3,18,19,20). The number of hydrogen-bond donors (Lipinski definition) is 2. The molecule has 2 aliphatic carbocycles. The van der Waals surface area contributed by atoms with Gasteiger partial charge in [0, 0.05) is 12.6 Å². The van der Waals surface area contributed by atoms with Crippen LogP contribution in [0, 0.1) is 23.0 Å². The molecule has 1 aromatic carbocycles. The highest BCUT2D eigenvalue weighted by Gasteiger charge is 2.44. The van der Waals surface area contributed by atoms with Crippen molar-refractivity contribution in [1.82, 2.24) is 0 Å². The number of aliphatic imine (C=N–C) groups is 1. The number of guanidine groups is 1. The van der Waals surface area contributed by atoms with Crippen molar-refractivity contribution in [2.24, 2.45) is 22.1 Å². The zero-order chi connectivity index (χ0) is 14.2. The second-order valence-corrected chi connectivity index (χ2v) is 6.10. The predicted molar refractivity (Wildman–Crippen MR) is 75.5 cm³/mol. The number of fused-ring (bicyclic) bond motifs is 2. The Bertz CT molecular complexity index is 534. The number of nitrogens with one attached hydrogen (secondary N) is 1. The van der Waals surface area contributed by atoms with E-state index >= 15 is 0 Å². The van der Waals surface area contributed by atoms with Crippen LogP contribution in [0.5, 0.6) is 0 Å². The van der Waals surface area contributed by atoms with E-state index in [1.54, 1.807) is 0 Å². The molecule has 0 spiro atoms. The van der Waals surface area contributed by atoms with Gasteiger partial charge in [0.25, 0.3) is 0 Å². The molecule has 0 heterocycles. The molecule has 0 amide bonds. The van der Waals surface area contributed by atoms with Gasteiger partial charge in [-0.2, -0.15) is 0 Å². The highest BCUT2D eigenvalue weighted by atomic mass is 19.1. The molecule has 108 valence electrons. The minimum atomic E-state index is -0.537. The largest absolute Gasteiger partial charge is 0.370 e. The minimum Gasteiger partial charge on any atom is -0.370 e. The van der Waals surface area contributed by atoms with E-state index in [0.717, 1.165) is 24.1 Å². The smallest absolute Gasteiger partial charge is 0.193 e. The maximum Gasteiger partial charge on any atom is 0.193 e. The molecular weight excluding hydrogens is 260 g/mol. The Labute approximate surface area is 117 Å². The first-order valence-corrected chi connectivity index (χ1v) is 7.08. The molecule has 3 N–H and O–H groups in total. The summed E-state index contributed by atoms with van der Waals surface area (Å²) in [7, 11) is 0. The van der Waals surface area contributed by atoms with Crippen LogP contribution < -0.4 is 11.1 Å². The number of rotatable bonds is 3. The van der Waals surface area contributed by atoms with Gasteiger partial charge in [-0.05, 0) is 55.6 Å². The van der Waals surface area contributed by atoms with Crippen molar-refractivity contribution in [2.45, 2.75) is 32.1 Å².